The van der Waals surface area contributed by atoms with E-state index >= 15 is 0 Å². The van der Waals surface area contributed by atoms with E-state index in [1.54, 1.807) is 18.2 Å². The van der Waals surface area contributed by atoms with Crippen molar-refractivity contribution in [3.05, 3.63) is 59.4 Å². The van der Waals surface area contributed by atoms with Crippen LogP contribution in [-0.4, -0.2) is 19.1 Å². The lowest BCUT2D eigenvalue weighted by Crippen LogP contribution is -2.13. The number of hydrogen-bond donors (Lipinski definition) is 1. The van der Waals surface area contributed by atoms with Crippen LogP contribution in [0.25, 0.3) is 0 Å². The maximum atomic E-state index is 13.0. The van der Waals surface area contributed by atoms with Gasteiger partial charge in [-0.05, 0) is 55.3 Å². The van der Waals surface area contributed by atoms with Gasteiger partial charge in [-0.15, -0.1) is 0 Å². The first-order chi connectivity index (χ1) is 12.0. The molecular formula is C20H24FNO3. The monoisotopic (exact) mass is 345 g/mol. The third-order valence-electron chi connectivity index (χ3n) is 3.43. The SMILES string of the molecule is CCOc1ccc(C(=O)Nc2ccc(F)cc2)cc1COCC(C)C. The fraction of sp³-hybridized carbons (Fsp3) is 0.350. The highest BCUT2D eigenvalue weighted by atomic mass is 19.1. The van der Waals surface area contributed by atoms with E-state index in [1.807, 2.05) is 6.92 Å². The minimum absolute atomic E-state index is 0.264. The zero-order valence-electron chi connectivity index (χ0n) is 14.8. The molecule has 0 spiro atoms. The van der Waals surface area contributed by atoms with Crippen LogP contribution >= 0.6 is 0 Å². The molecule has 134 valence electrons. The van der Waals surface area contributed by atoms with Gasteiger partial charge in [-0.3, -0.25) is 4.79 Å². The van der Waals surface area contributed by atoms with Crippen LogP contribution in [-0.2, 0) is 11.3 Å². The Morgan fingerprint density at radius 1 is 1.16 bits per heavy atom. The van der Waals surface area contributed by atoms with Gasteiger partial charge < -0.3 is 14.8 Å². The van der Waals surface area contributed by atoms with Gasteiger partial charge in [-0.2, -0.15) is 0 Å². The van der Waals surface area contributed by atoms with E-state index in [1.165, 1.54) is 24.3 Å². The minimum atomic E-state index is -0.344. The molecule has 5 heteroatoms. The molecule has 0 atom stereocenters. The number of hydrogen-bond acceptors (Lipinski definition) is 3. The number of halogens is 1. The Balaban J connectivity index is 2.13. The van der Waals surface area contributed by atoms with Crippen LogP contribution in [0, 0.1) is 11.7 Å². The molecule has 0 bridgehead atoms. The molecule has 0 saturated heterocycles. The summed E-state index contributed by atoms with van der Waals surface area (Å²) in [6.45, 7) is 7.63. The molecular weight excluding hydrogens is 321 g/mol. The van der Waals surface area contributed by atoms with Crippen molar-refractivity contribution >= 4 is 11.6 Å². The number of carbonyl (C=O) groups is 1. The Bertz CT molecular complexity index is 699. The number of carbonyl (C=O) groups excluding carboxylic acids is 1. The van der Waals surface area contributed by atoms with Crippen molar-refractivity contribution in [2.75, 3.05) is 18.5 Å². The second-order valence-electron chi connectivity index (χ2n) is 6.13. The van der Waals surface area contributed by atoms with E-state index in [2.05, 4.69) is 19.2 Å². The van der Waals surface area contributed by atoms with Crippen LogP contribution in [0.4, 0.5) is 10.1 Å². The van der Waals surface area contributed by atoms with E-state index in [-0.39, 0.29) is 11.7 Å². The van der Waals surface area contributed by atoms with Gasteiger partial charge >= 0.3 is 0 Å². The summed E-state index contributed by atoms with van der Waals surface area (Å²) in [5, 5.41) is 2.75. The lowest BCUT2D eigenvalue weighted by Gasteiger charge is -2.13. The van der Waals surface area contributed by atoms with Crippen molar-refractivity contribution < 1.29 is 18.7 Å². The number of anilines is 1. The second kappa shape index (κ2) is 9.18. The first kappa shape index (κ1) is 18.9. The molecule has 0 saturated carbocycles. The number of benzene rings is 2. The Morgan fingerprint density at radius 3 is 2.52 bits per heavy atom. The zero-order valence-corrected chi connectivity index (χ0v) is 14.8. The van der Waals surface area contributed by atoms with Gasteiger partial charge in [0.05, 0.1) is 13.2 Å². The van der Waals surface area contributed by atoms with E-state index < -0.39 is 0 Å². The fourth-order valence-corrected chi connectivity index (χ4v) is 2.27. The van der Waals surface area contributed by atoms with E-state index in [0.717, 1.165) is 5.56 Å². The molecule has 0 radical (unpaired) electrons. The lowest BCUT2D eigenvalue weighted by atomic mass is 10.1. The number of rotatable bonds is 8. The van der Waals surface area contributed by atoms with Gasteiger partial charge in [0, 0.05) is 23.4 Å². The largest absolute Gasteiger partial charge is 0.494 e. The Hall–Kier alpha value is -2.40. The molecule has 4 nitrogen and oxygen atoms in total. The highest BCUT2D eigenvalue weighted by Crippen LogP contribution is 2.22. The Morgan fingerprint density at radius 2 is 1.88 bits per heavy atom. The molecule has 25 heavy (non-hydrogen) atoms. The van der Waals surface area contributed by atoms with Crippen molar-refractivity contribution in [1.82, 2.24) is 0 Å². The number of nitrogens with one attached hydrogen (secondary N) is 1. The zero-order chi connectivity index (χ0) is 18.2. The second-order valence-corrected chi connectivity index (χ2v) is 6.13. The van der Waals surface area contributed by atoms with Crippen LogP contribution in [0.2, 0.25) is 0 Å². The van der Waals surface area contributed by atoms with Crippen molar-refractivity contribution in [2.45, 2.75) is 27.4 Å². The van der Waals surface area contributed by atoms with Crippen LogP contribution in [0.15, 0.2) is 42.5 Å². The molecule has 2 aromatic rings. The summed E-state index contributed by atoms with van der Waals surface area (Å²) in [4.78, 5) is 12.4. The van der Waals surface area contributed by atoms with Crippen molar-refractivity contribution in [3.8, 4) is 5.75 Å². The molecule has 0 heterocycles. The van der Waals surface area contributed by atoms with Gasteiger partial charge in [0.2, 0.25) is 0 Å². The van der Waals surface area contributed by atoms with Gasteiger partial charge in [-0.25, -0.2) is 4.39 Å². The summed E-state index contributed by atoms with van der Waals surface area (Å²) in [6.07, 6.45) is 0. The highest BCUT2D eigenvalue weighted by molar-refractivity contribution is 6.04. The summed E-state index contributed by atoms with van der Waals surface area (Å²) in [7, 11) is 0. The molecule has 1 N–H and O–H groups in total. The Labute approximate surface area is 148 Å². The molecule has 0 unspecified atom stereocenters. The quantitative estimate of drug-likeness (QED) is 0.757. The van der Waals surface area contributed by atoms with Gasteiger partial charge in [0.1, 0.15) is 11.6 Å². The normalized spacial score (nSPS) is 10.8. The molecule has 0 aliphatic carbocycles. The molecule has 2 rings (SSSR count). The summed E-state index contributed by atoms with van der Waals surface area (Å²) in [5.41, 5.74) is 1.86. The van der Waals surface area contributed by atoms with E-state index in [4.69, 9.17) is 9.47 Å². The standard InChI is InChI=1S/C20H24FNO3/c1-4-25-19-10-5-15(11-16(19)13-24-12-14(2)3)20(23)22-18-8-6-17(21)7-9-18/h5-11,14H,4,12-13H2,1-3H3,(H,22,23). The van der Waals surface area contributed by atoms with Crippen LogP contribution in [0.5, 0.6) is 5.75 Å². The third-order valence-corrected chi connectivity index (χ3v) is 3.43. The summed E-state index contributed by atoms with van der Waals surface area (Å²) in [6, 6.07) is 10.9. The maximum absolute atomic E-state index is 13.0. The van der Waals surface area contributed by atoms with Crippen LogP contribution in [0.3, 0.4) is 0 Å². The average molecular weight is 345 g/mol. The first-order valence-electron chi connectivity index (χ1n) is 8.40. The lowest BCUT2D eigenvalue weighted by molar-refractivity contribution is 0.0948. The average Bonchev–Trinajstić information content (AvgIpc) is 2.58. The van der Waals surface area contributed by atoms with Crippen LogP contribution < -0.4 is 10.1 Å². The van der Waals surface area contributed by atoms with Crippen molar-refractivity contribution in [1.29, 1.82) is 0 Å². The van der Waals surface area contributed by atoms with E-state index in [0.29, 0.717) is 42.7 Å². The minimum Gasteiger partial charge on any atom is -0.494 e. The van der Waals surface area contributed by atoms with Crippen LogP contribution in [0.1, 0.15) is 36.7 Å². The summed E-state index contributed by atoms with van der Waals surface area (Å²) in [5.74, 6) is 0.536. The number of amides is 1. The Kier molecular flexibility index (Phi) is 6.95. The smallest absolute Gasteiger partial charge is 0.255 e. The van der Waals surface area contributed by atoms with Gasteiger partial charge in [-0.1, -0.05) is 13.8 Å². The molecule has 0 fully saturated rings. The summed E-state index contributed by atoms with van der Waals surface area (Å²) >= 11 is 0. The summed E-state index contributed by atoms with van der Waals surface area (Å²) < 4.78 is 24.2. The third kappa shape index (κ3) is 5.87. The molecule has 1 amide bonds. The van der Waals surface area contributed by atoms with Crippen molar-refractivity contribution in [3.63, 3.8) is 0 Å². The first-order valence-corrected chi connectivity index (χ1v) is 8.40. The fourth-order valence-electron chi connectivity index (χ4n) is 2.27. The topological polar surface area (TPSA) is 47.6 Å². The predicted octanol–water partition coefficient (Wildman–Crippen LogP) is 4.65. The molecule has 2 aromatic carbocycles. The molecule has 0 aliphatic rings. The van der Waals surface area contributed by atoms with Gasteiger partial charge in [0.25, 0.3) is 5.91 Å². The van der Waals surface area contributed by atoms with Gasteiger partial charge in [0.15, 0.2) is 0 Å². The predicted molar refractivity (Wildman–Crippen MR) is 96.5 cm³/mol. The highest BCUT2D eigenvalue weighted by Gasteiger charge is 2.12. The molecule has 0 aromatic heterocycles. The maximum Gasteiger partial charge on any atom is 0.255 e. The number of ether oxygens (including phenoxy) is 2. The van der Waals surface area contributed by atoms with E-state index in [9.17, 15) is 9.18 Å². The van der Waals surface area contributed by atoms with Crippen molar-refractivity contribution in [2.24, 2.45) is 5.92 Å². The molecule has 0 aliphatic heterocycles.